The number of carboxylic acid groups (broad SMARTS) is 1. The van der Waals surface area contributed by atoms with E-state index in [1.165, 1.54) is 0 Å². The fourth-order valence-electron chi connectivity index (χ4n) is 6.69. The minimum absolute atomic E-state index is 0.0489. The van der Waals surface area contributed by atoms with Gasteiger partial charge in [-0.25, -0.2) is 0 Å². The largest absolute Gasteiger partial charge is 0.481 e. The van der Waals surface area contributed by atoms with Crippen LogP contribution in [0.3, 0.4) is 0 Å². The summed E-state index contributed by atoms with van der Waals surface area (Å²) in [5.74, 6) is -1.74. The van der Waals surface area contributed by atoms with E-state index in [1.54, 1.807) is 12.3 Å². The third kappa shape index (κ3) is 7.01. The van der Waals surface area contributed by atoms with Crippen LogP contribution in [0.5, 0.6) is 0 Å². The molecule has 12 nitrogen and oxygen atoms in total. The van der Waals surface area contributed by atoms with Gasteiger partial charge in [-0.3, -0.25) is 28.9 Å². The van der Waals surface area contributed by atoms with Gasteiger partial charge in [0, 0.05) is 43.8 Å². The van der Waals surface area contributed by atoms with Gasteiger partial charge >= 0.3 is 5.97 Å². The first-order valence-corrected chi connectivity index (χ1v) is 16.4. The van der Waals surface area contributed by atoms with Crippen molar-refractivity contribution in [3.8, 4) is 11.1 Å². The van der Waals surface area contributed by atoms with Crippen LogP contribution in [0.2, 0.25) is 0 Å². The van der Waals surface area contributed by atoms with E-state index in [0.717, 1.165) is 59.4 Å². The minimum Gasteiger partial charge on any atom is -0.481 e. The first-order chi connectivity index (χ1) is 23.2. The molecule has 1 unspecified atom stereocenters. The molecule has 2 atom stereocenters. The van der Waals surface area contributed by atoms with E-state index < -0.39 is 5.97 Å². The Hall–Kier alpha value is -4.91. The number of aryl methyl sites for hydroxylation is 1. The molecule has 0 bridgehead atoms. The Morgan fingerprint density at radius 3 is 2.19 bits per heavy atom. The predicted molar refractivity (Wildman–Crippen MR) is 182 cm³/mol. The maximum atomic E-state index is 13.5. The maximum Gasteiger partial charge on any atom is 0.307 e. The zero-order valence-electron chi connectivity index (χ0n) is 27.2. The molecule has 12 heteroatoms. The Labute approximate surface area is 279 Å². The molecule has 0 spiro atoms. The molecule has 2 aromatic heterocycles. The summed E-state index contributed by atoms with van der Waals surface area (Å²) in [5.41, 5.74) is 7.42. The number of rotatable bonds is 11. The van der Waals surface area contributed by atoms with Crippen molar-refractivity contribution in [2.75, 3.05) is 36.9 Å². The monoisotopic (exact) mass is 651 g/mol. The van der Waals surface area contributed by atoms with Crippen molar-refractivity contribution in [3.63, 3.8) is 0 Å². The number of fused-ring (bicyclic) bond motifs is 1. The number of anilines is 2. The highest BCUT2D eigenvalue weighted by atomic mass is 16.4. The van der Waals surface area contributed by atoms with Crippen molar-refractivity contribution in [2.45, 2.75) is 52.2 Å². The Balaban J connectivity index is 1.16. The van der Waals surface area contributed by atoms with Crippen LogP contribution < -0.4 is 16.0 Å². The second-order valence-corrected chi connectivity index (χ2v) is 12.5. The molecule has 2 amide bonds. The van der Waals surface area contributed by atoms with Gasteiger partial charge in [0.15, 0.2) is 5.69 Å². The number of nitrogens with one attached hydrogen (secondary N) is 3. The van der Waals surface area contributed by atoms with Crippen molar-refractivity contribution < 1.29 is 24.6 Å². The van der Waals surface area contributed by atoms with Crippen LogP contribution in [-0.2, 0) is 17.9 Å². The lowest BCUT2D eigenvalue weighted by molar-refractivity contribution is -0.141. The van der Waals surface area contributed by atoms with Crippen molar-refractivity contribution in [3.05, 3.63) is 94.6 Å². The first-order valence-electron chi connectivity index (χ1n) is 16.4. The number of carbonyl (C=O) groups excluding carboxylic acids is 2. The average molecular weight is 652 g/mol. The topological polar surface area (TPSA) is 162 Å². The molecule has 48 heavy (non-hydrogen) atoms. The summed E-state index contributed by atoms with van der Waals surface area (Å²) in [7, 11) is 0. The van der Waals surface area contributed by atoms with E-state index in [1.807, 2.05) is 67.1 Å². The Kier molecular flexibility index (Phi) is 9.95. The minimum atomic E-state index is -0.755. The number of aromatic nitrogens is 3. The number of aliphatic hydroxyl groups excluding tert-OH is 1. The molecule has 4 heterocycles. The van der Waals surface area contributed by atoms with Gasteiger partial charge in [-0.2, -0.15) is 5.10 Å². The summed E-state index contributed by atoms with van der Waals surface area (Å²) >= 11 is 0. The molecule has 250 valence electrons. The van der Waals surface area contributed by atoms with Crippen molar-refractivity contribution in [1.29, 1.82) is 0 Å². The van der Waals surface area contributed by atoms with E-state index in [4.69, 9.17) is 5.11 Å². The number of nitrogens with zero attached hydrogens (tertiary/aromatic N) is 4. The van der Waals surface area contributed by atoms with E-state index in [9.17, 15) is 19.5 Å². The summed E-state index contributed by atoms with van der Waals surface area (Å²) in [6.07, 6.45) is 4.11. The van der Waals surface area contributed by atoms with Gasteiger partial charge in [0.2, 0.25) is 0 Å². The number of hydrogen-bond donors (Lipinski definition) is 5. The highest BCUT2D eigenvalue weighted by molar-refractivity contribution is 6.05. The smallest absolute Gasteiger partial charge is 0.307 e. The maximum absolute atomic E-state index is 13.5. The lowest BCUT2D eigenvalue weighted by atomic mass is 9.94. The van der Waals surface area contributed by atoms with Crippen LogP contribution >= 0.6 is 0 Å². The number of amides is 2. The van der Waals surface area contributed by atoms with Gasteiger partial charge in [-0.1, -0.05) is 30.3 Å². The molecule has 2 aliphatic rings. The molecule has 0 radical (unpaired) electrons. The first kappa shape index (κ1) is 33.0. The number of benzene rings is 2. The summed E-state index contributed by atoms with van der Waals surface area (Å²) in [5, 5.41) is 32.2. The summed E-state index contributed by atoms with van der Waals surface area (Å²) < 4.78 is 1.89. The quantitative estimate of drug-likeness (QED) is 0.148. The number of carboxylic acids is 1. The summed E-state index contributed by atoms with van der Waals surface area (Å²) in [6, 6.07) is 16.9. The van der Waals surface area contributed by atoms with Gasteiger partial charge < -0.3 is 26.2 Å². The highest BCUT2D eigenvalue weighted by Gasteiger charge is 2.36. The van der Waals surface area contributed by atoms with E-state index in [0.29, 0.717) is 48.8 Å². The number of aliphatic hydroxyl groups is 1. The standard InChI is InChI=1S/C36H41N7O5/c1-22-26(6-3-8-28(22)39-34(45)30-12-11-24(20-38-30)19-37-14-17-44)27-7-4-9-29(23(27)2)40-35(46)31-18-33-32(10-5-15-43(33)41-31)42-16-13-25(21-42)36(47)48/h3-4,6-9,11-12,18,20,25,32,37,44H,5,10,13-17,19,21H2,1-2H3,(H,39,45)(H,40,46)(H,47,48)/t25-,32?/m1/s1. The summed E-state index contributed by atoms with van der Waals surface area (Å²) in [4.78, 5) is 44.6. The van der Waals surface area contributed by atoms with Crippen molar-refractivity contribution in [1.82, 2.24) is 25.0 Å². The molecule has 4 aromatic rings. The van der Waals surface area contributed by atoms with Crippen LogP contribution in [0.15, 0.2) is 60.8 Å². The third-order valence-electron chi connectivity index (χ3n) is 9.37. The molecule has 0 saturated carbocycles. The van der Waals surface area contributed by atoms with Crippen LogP contribution in [0.4, 0.5) is 11.4 Å². The van der Waals surface area contributed by atoms with Crippen LogP contribution in [0, 0.1) is 19.8 Å². The number of hydrogen-bond acceptors (Lipinski definition) is 8. The SMILES string of the molecule is Cc1c(NC(=O)c2ccc(CNCCO)cn2)cccc1-c1cccc(NC(=O)c2cc3n(n2)CCCC3N2CC[C@@H](C(=O)O)C2)c1C. The Morgan fingerprint density at radius 1 is 0.896 bits per heavy atom. The second-order valence-electron chi connectivity index (χ2n) is 12.5. The average Bonchev–Trinajstić information content (AvgIpc) is 3.76. The molecule has 2 aliphatic heterocycles. The Morgan fingerprint density at radius 2 is 1.58 bits per heavy atom. The van der Waals surface area contributed by atoms with E-state index in [-0.39, 0.29) is 30.4 Å². The van der Waals surface area contributed by atoms with Gasteiger partial charge in [0.25, 0.3) is 11.8 Å². The highest BCUT2D eigenvalue weighted by Crippen LogP contribution is 2.36. The fraction of sp³-hybridized carbons (Fsp3) is 0.361. The van der Waals surface area contributed by atoms with Gasteiger partial charge in [0.05, 0.1) is 24.3 Å². The lowest BCUT2D eigenvalue weighted by Gasteiger charge is -2.31. The molecular weight excluding hydrogens is 610 g/mol. The normalized spacial score (nSPS) is 17.6. The van der Waals surface area contributed by atoms with E-state index in [2.05, 4.69) is 30.9 Å². The second kappa shape index (κ2) is 14.5. The number of carbonyl (C=O) groups is 3. The van der Waals surface area contributed by atoms with Crippen molar-refractivity contribution in [2.24, 2.45) is 5.92 Å². The zero-order chi connectivity index (χ0) is 33.8. The summed E-state index contributed by atoms with van der Waals surface area (Å²) in [6.45, 7) is 6.95. The molecule has 0 aliphatic carbocycles. The molecule has 2 aromatic carbocycles. The van der Waals surface area contributed by atoms with Crippen LogP contribution in [0.1, 0.15) is 68.7 Å². The number of pyridine rings is 1. The fourth-order valence-corrected chi connectivity index (χ4v) is 6.69. The number of aliphatic carboxylic acids is 1. The van der Waals surface area contributed by atoms with Gasteiger partial charge in [-0.15, -0.1) is 0 Å². The zero-order valence-corrected chi connectivity index (χ0v) is 27.2. The Bertz CT molecular complexity index is 1820. The van der Waals surface area contributed by atoms with Gasteiger partial charge in [0.1, 0.15) is 5.69 Å². The van der Waals surface area contributed by atoms with Crippen LogP contribution in [0.25, 0.3) is 11.1 Å². The van der Waals surface area contributed by atoms with E-state index >= 15 is 0 Å². The molecular formula is C36H41N7O5. The molecule has 5 N–H and O–H groups in total. The lowest BCUT2D eigenvalue weighted by Crippen LogP contribution is -2.32. The molecule has 6 rings (SSSR count). The molecule has 1 saturated heterocycles. The molecule has 1 fully saturated rings. The van der Waals surface area contributed by atoms with Crippen LogP contribution in [-0.4, -0.2) is 73.9 Å². The number of likely N-dealkylation sites (tertiary alicyclic amines) is 1. The van der Waals surface area contributed by atoms with Crippen molar-refractivity contribution >= 4 is 29.2 Å². The predicted octanol–water partition coefficient (Wildman–Crippen LogP) is 4.39. The third-order valence-corrected chi connectivity index (χ3v) is 9.37. The van der Waals surface area contributed by atoms with Gasteiger partial charge in [-0.05, 0) is 91.7 Å².